The molecule has 0 aliphatic heterocycles. The summed E-state index contributed by atoms with van der Waals surface area (Å²) in [5.41, 5.74) is 3.65. The number of rotatable bonds is 5. The molecule has 0 N–H and O–H groups in total. The number of benzene rings is 2. The largest absolute Gasteiger partial charge is 0.309 e. The number of hydrogen-bond acceptors (Lipinski definition) is 1. The molecule has 2 atom stereocenters. The van der Waals surface area contributed by atoms with Gasteiger partial charge in [0.25, 0.3) is 0 Å². The van der Waals surface area contributed by atoms with Crippen molar-refractivity contribution in [1.82, 2.24) is 4.90 Å². The van der Waals surface area contributed by atoms with Gasteiger partial charge in [0.1, 0.15) is 0 Å². The second-order valence-electron chi connectivity index (χ2n) is 5.58. The zero-order valence-corrected chi connectivity index (χ0v) is 12.4. The maximum absolute atomic E-state index is 4.43. The minimum Gasteiger partial charge on any atom is -0.309 e. The van der Waals surface area contributed by atoms with Crippen molar-refractivity contribution in [2.75, 3.05) is 20.6 Å². The van der Waals surface area contributed by atoms with Gasteiger partial charge in [-0.2, -0.15) is 0 Å². The average Bonchev–Trinajstić information content (AvgIpc) is 2.45. The topological polar surface area (TPSA) is 3.24 Å². The van der Waals surface area contributed by atoms with Crippen LogP contribution in [0.5, 0.6) is 0 Å². The van der Waals surface area contributed by atoms with Gasteiger partial charge in [-0.15, -0.1) is 0 Å². The van der Waals surface area contributed by atoms with E-state index in [1.165, 1.54) is 11.1 Å². The van der Waals surface area contributed by atoms with E-state index in [0.29, 0.717) is 5.92 Å². The van der Waals surface area contributed by atoms with Crippen LogP contribution in [0, 0.1) is 13.8 Å². The van der Waals surface area contributed by atoms with Crippen LogP contribution in [-0.2, 0) is 0 Å². The van der Waals surface area contributed by atoms with Crippen LogP contribution < -0.4 is 0 Å². The smallest absolute Gasteiger partial charge is 0.00501 e. The molecule has 2 unspecified atom stereocenters. The second-order valence-corrected chi connectivity index (χ2v) is 5.58. The molecule has 2 rings (SSSR count). The maximum atomic E-state index is 4.43. The minimum atomic E-state index is 0.202. The zero-order valence-electron chi connectivity index (χ0n) is 12.4. The molecule has 0 bridgehead atoms. The van der Waals surface area contributed by atoms with E-state index in [0.717, 1.165) is 12.1 Å². The molecule has 1 heteroatoms. The van der Waals surface area contributed by atoms with Crippen LogP contribution in [0.4, 0.5) is 0 Å². The fraction of sp³-hybridized carbons (Fsp3) is 0.263. The first-order chi connectivity index (χ1) is 9.59. The molecule has 0 saturated heterocycles. The molecular formula is C19H23N. The molecule has 0 aliphatic carbocycles. The summed E-state index contributed by atoms with van der Waals surface area (Å²) in [6.07, 6.45) is 0. The van der Waals surface area contributed by atoms with Gasteiger partial charge in [-0.3, -0.25) is 0 Å². The molecule has 1 nitrogen and oxygen atoms in total. The maximum Gasteiger partial charge on any atom is 0.00501 e. The lowest BCUT2D eigenvalue weighted by Gasteiger charge is -2.28. The lowest BCUT2D eigenvalue weighted by molar-refractivity contribution is 0.359. The molecule has 0 aromatic heterocycles. The molecule has 0 spiro atoms. The van der Waals surface area contributed by atoms with Gasteiger partial charge in [0.05, 0.1) is 0 Å². The fourth-order valence-corrected chi connectivity index (χ4v) is 2.67. The third-order valence-electron chi connectivity index (χ3n) is 3.73. The molecule has 0 amide bonds. The van der Waals surface area contributed by atoms with Crippen molar-refractivity contribution in [1.29, 1.82) is 0 Å². The van der Waals surface area contributed by atoms with Crippen LogP contribution in [0.1, 0.15) is 28.5 Å². The molecule has 2 aromatic carbocycles. The van der Waals surface area contributed by atoms with Gasteiger partial charge in [0, 0.05) is 12.5 Å². The van der Waals surface area contributed by atoms with E-state index in [1.807, 2.05) is 6.07 Å². The summed E-state index contributed by atoms with van der Waals surface area (Å²) < 4.78 is 0. The van der Waals surface area contributed by atoms with Crippen molar-refractivity contribution >= 4 is 0 Å². The van der Waals surface area contributed by atoms with Crippen LogP contribution >= 0.6 is 0 Å². The highest BCUT2D eigenvalue weighted by atomic mass is 15.1. The summed E-state index contributed by atoms with van der Waals surface area (Å²) in [4.78, 5) is 2.22. The number of likely N-dealkylation sites (N-methyl/N-ethyl adjacent to an activating group) is 1. The second kappa shape index (κ2) is 6.71. The van der Waals surface area contributed by atoms with Gasteiger partial charge in [0.2, 0.25) is 0 Å². The van der Waals surface area contributed by atoms with Crippen LogP contribution in [0.15, 0.2) is 54.6 Å². The fourth-order valence-electron chi connectivity index (χ4n) is 2.67. The van der Waals surface area contributed by atoms with Gasteiger partial charge in [0.15, 0.2) is 0 Å². The Morgan fingerprint density at radius 1 is 0.950 bits per heavy atom. The van der Waals surface area contributed by atoms with Crippen molar-refractivity contribution in [2.45, 2.75) is 11.8 Å². The van der Waals surface area contributed by atoms with E-state index < -0.39 is 0 Å². The Bertz CT molecular complexity index is 530. The van der Waals surface area contributed by atoms with E-state index in [-0.39, 0.29) is 5.92 Å². The Kier molecular flexibility index (Phi) is 4.97. The Balaban J connectivity index is 2.34. The Morgan fingerprint density at radius 2 is 1.55 bits per heavy atom. The highest BCUT2D eigenvalue weighted by Crippen LogP contribution is 2.34. The van der Waals surface area contributed by atoms with E-state index in [4.69, 9.17) is 0 Å². The molecule has 2 radical (unpaired) electrons. The molecule has 0 aliphatic rings. The lowest BCUT2D eigenvalue weighted by Crippen LogP contribution is -2.24. The van der Waals surface area contributed by atoms with Crippen LogP contribution in [-0.4, -0.2) is 25.5 Å². The molecule has 20 heavy (non-hydrogen) atoms. The summed E-state index contributed by atoms with van der Waals surface area (Å²) in [6.45, 7) is 9.55. The molecule has 104 valence electrons. The van der Waals surface area contributed by atoms with Crippen molar-refractivity contribution in [3.05, 3.63) is 85.1 Å². The molecule has 2 aromatic rings. The van der Waals surface area contributed by atoms with Gasteiger partial charge in [-0.05, 0) is 50.6 Å². The van der Waals surface area contributed by atoms with E-state index in [2.05, 4.69) is 81.4 Å². The Morgan fingerprint density at radius 3 is 2.15 bits per heavy atom. The average molecular weight is 265 g/mol. The molecular weight excluding hydrogens is 242 g/mol. The predicted octanol–water partition coefficient (Wildman–Crippen LogP) is 4.13. The first kappa shape index (κ1) is 14.8. The molecule has 0 saturated carbocycles. The summed E-state index contributed by atoms with van der Waals surface area (Å²) in [5, 5.41) is 0. The molecule has 0 fully saturated rings. The van der Waals surface area contributed by atoms with Gasteiger partial charge in [-0.1, -0.05) is 54.6 Å². The summed E-state index contributed by atoms with van der Waals surface area (Å²) in [7, 11) is 4.22. The van der Waals surface area contributed by atoms with Crippen molar-refractivity contribution in [3.63, 3.8) is 0 Å². The summed E-state index contributed by atoms with van der Waals surface area (Å²) in [6, 6.07) is 18.9. The highest BCUT2D eigenvalue weighted by Gasteiger charge is 2.22. The highest BCUT2D eigenvalue weighted by molar-refractivity contribution is 5.37. The lowest BCUT2D eigenvalue weighted by atomic mass is 9.81. The van der Waals surface area contributed by atoms with Gasteiger partial charge >= 0.3 is 0 Å². The summed E-state index contributed by atoms with van der Waals surface area (Å²) >= 11 is 0. The third-order valence-corrected chi connectivity index (χ3v) is 3.73. The number of nitrogens with zero attached hydrogens (tertiary/aromatic N) is 1. The minimum absolute atomic E-state index is 0.202. The van der Waals surface area contributed by atoms with Crippen LogP contribution in [0.2, 0.25) is 0 Å². The normalized spacial score (nSPS) is 14.2. The SMILES string of the molecule is [CH2]c1ccccc1C([CH2])C(CN(C)C)c1ccccc1. The van der Waals surface area contributed by atoms with Gasteiger partial charge < -0.3 is 4.90 Å². The number of hydrogen-bond donors (Lipinski definition) is 0. The van der Waals surface area contributed by atoms with Crippen LogP contribution in [0.3, 0.4) is 0 Å². The quantitative estimate of drug-likeness (QED) is 0.785. The van der Waals surface area contributed by atoms with Gasteiger partial charge in [-0.25, -0.2) is 0 Å². The summed E-state index contributed by atoms with van der Waals surface area (Å²) in [5.74, 6) is 0.572. The van der Waals surface area contributed by atoms with Crippen molar-refractivity contribution in [2.24, 2.45) is 0 Å². The predicted molar refractivity (Wildman–Crippen MR) is 86.7 cm³/mol. The van der Waals surface area contributed by atoms with E-state index >= 15 is 0 Å². The van der Waals surface area contributed by atoms with Crippen molar-refractivity contribution in [3.8, 4) is 0 Å². The van der Waals surface area contributed by atoms with E-state index in [9.17, 15) is 0 Å². The van der Waals surface area contributed by atoms with E-state index in [1.54, 1.807) is 0 Å². The standard InChI is InChI=1S/C19H23N/c1-15-10-8-9-13-18(15)16(2)19(14-20(3)4)17-11-6-5-7-12-17/h5-13,16,19H,1-2,14H2,3-4H3. The third kappa shape index (κ3) is 3.49. The first-order valence-corrected chi connectivity index (χ1v) is 7.03. The first-order valence-electron chi connectivity index (χ1n) is 7.03. The zero-order chi connectivity index (χ0) is 14.5. The monoisotopic (exact) mass is 265 g/mol. The Labute approximate surface area is 123 Å². The van der Waals surface area contributed by atoms with Crippen LogP contribution in [0.25, 0.3) is 0 Å². The Hall–Kier alpha value is -1.60. The van der Waals surface area contributed by atoms with Crippen molar-refractivity contribution < 1.29 is 0 Å². The molecule has 0 heterocycles.